The molecule has 3 saturated heterocycles. The van der Waals surface area contributed by atoms with Gasteiger partial charge in [0.05, 0.1) is 0 Å². The molecule has 7 heteroatoms. The molecule has 5 rings (SSSR count). The molecule has 1 atom stereocenters. The Balaban J connectivity index is 1.38. The zero-order valence-corrected chi connectivity index (χ0v) is 14.5. The van der Waals surface area contributed by atoms with E-state index in [1.165, 1.54) is 37.7 Å². The molecule has 2 bridgehead atoms. The minimum atomic E-state index is -0.0106. The lowest BCUT2D eigenvalue weighted by molar-refractivity contribution is 0.0620. The van der Waals surface area contributed by atoms with E-state index in [1.807, 2.05) is 30.3 Å². The summed E-state index contributed by atoms with van der Waals surface area (Å²) >= 11 is 1.40. The average molecular weight is 354 g/mol. The molecule has 2 aromatic rings. The van der Waals surface area contributed by atoms with Crippen molar-refractivity contribution in [2.45, 2.75) is 28.8 Å². The SMILES string of the molecule is N#Cc1cc(Sc2ccc(C(=O)NC3CN4CCC3CC4)cc2)no1. The molecule has 0 saturated carbocycles. The van der Waals surface area contributed by atoms with Crippen molar-refractivity contribution in [3.8, 4) is 6.07 Å². The number of carbonyl (C=O) groups excluding carboxylic acids is 1. The standard InChI is InChI=1S/C18H18N4O2S/c19-10-14-9-17(21-24-14)25-15-3-1-13(2-4-15)18(23)20-16-11-22-7-5-12(16)6-8-22/h1-4,9,12,16H,5-8,11H2,(H,20,23). The van der Waals surface area contributed by atoms with Crippen molar-refractivity contribution in [2.75, 3.05) is 19.6 Å². The van der Waals surface area contributed by atoms with E-state index in [1.54, 1.807) is 6.07 Å². The molecule has 6 nitrogen and oxygen atoms in total. The summed E-state index contributed by atoms with van der Waals surface area (Å²) in [6, 6.07) is 11.2. The van der Waals surface area contributed by atoms with E-state index in [-0.39, 0.29) is 17.7 Å². The Morgan fingerprint density at radius 2 is 2.08 bits per heavy atom. The second-order valence-electron chi connectivity index (χ2n) is 6.49. The van der Waals surface area contributed by atoms with Crippen LogP contribution in [0.5, 0.6) is 0 Å². The number of nitriles is 1. The van der Waals surface area contributed by atoms with Gasteiger partial charge in [0.25, 0.3) is 5.91 Å². The maximum atomic E-state index is 12.5. The number of rotatable bonds is 4. The molecule has 1 aromatic carbocycles. The van der Waals surface area contributed by atoms with Crippen LogP contribution in [0.25, 0.3) is 0 Å². The molecule has 0 radical (unpaired) electrons. The van der Waals surface area contributed by atoms with Crippen LogP contribution in [-0.4, -0.2) is 41.6 Å². The topological polar surface area (TPSA) is 82.2 Å². The summed E-state index contributed by atoms with van der Waals surface area (Å²) in [6.07, 6.45) is 2.37. The molecule has 3 fully saturated rings. The van der Waals surface area contributed by atoms with Crippen LogP contribution in [0.3, 0.4) is 0 Å². The van der Waals surface area contributed by atoms with Crippen molar-refractivity contribution < 1.29 is 9.32 Å². The van der Waals surface area contributed by atoms with E-state index in [9.17, 15) is 4.79 Å². The van der Waals surface area contributed by atoms with E-state index in [0.717, 1.165) is 11.4 Å². The van der Waals surface area contributed by atoms with Crippen LogP contribution in [0.1, 0.15) is 29.0 Å². The number of hydrogen-bond donors (Lipinski definition) is 1. The third-order valence-corrected chi connectivity index (χ3v) is 5.82. The molecule has 128 valence electrons. The summed E-state index contributed by atoms with van der Waals surface area (Å²) < 4.78 is 4.86. The van der Waals surface area contributed by atoms with E-state index >= 15 is 0 Å². The van der Waals surface area contributed by atoms with Crippen LogP contribution in [0, 0.1) is 17.2 Å². The molecule has 3 aliphatic heterocycles. The maximum absolute atomic E-state index is 12.5. The summed E-state index contributed by atoms with van der Waals surface area (Å²) in [6.45, 7) is 3.30. The highest BCUT2D eigenvalue weighted by molar-refractivity contribution is 7.99. The lowest BCUT2D eigenvalue weighted by Crippen LogP contribution is -2.57. The second kappa shape index (κ2) is 6.90. The number of benzene rings is 1. The quantitative estimate of drug-likeness (QED) is 0.908. The van der Waals surface area contributed by atoms with Crippen molar-refractivity contribution in [3.05, 3.63) is 41.7 Å². The number of nitrogens with one attached hydrogen (secondary N) is 1. The predicted octanol–water partition coefficient (Wildman–Crippen LogP) is 2.52. The number of carbonyl (C=O) groups is 1. The molecule has 4 heterocycles. The Morgan fingerprint density at radius 3 is 2.68 bits per heavy atom. The molecule has 1 N–H and O–H groups in total. The van der Waals surface area contributed by atoms with E-state index < -0.39 is 0 Å². The van der Waals surface area contributed by atoms with Gasteiger partial charge in [-0.3, -0.25) is 4.79 Å². The predicted molar refractivity (Wildman–Crippen MR) is 92.2 cm³/mol. The fourth-order valence-corrected chi connectivity index (χ4v) is 4.29. The van der Waals surface area contributed by atoms with Crippen LogP contribution in [0.2, 0.25) is 0 Å². The van der Waals surface area contributed by atoms with Crippen molar-refractivity contribution in [2.24, 2.45) is 5.92 Å². The van der Waals surface area contributed by atoms with Gasteiger partial charge < -0.3 is 14.7 Å². The van der Waals surface area contributed by atoms with Crippen LogP contribution in [-0.2, 0) is 0 Å². The van der Waals surface area contributed by atoms with Crippen LogP contribution in [0.15, 0.2) is 44.8 Å². The number of piperidine rings is 3. The third kappa shape index (κ3) is 3.55. The first-order valence-electron chi connectivity index (χ1n) is 8.39. The Labute approximate surface area is 150 Å². The number of nitrogens with zero attached hydrogens (tertiary/aromatic N) is 3. The smallest absolute Gasteiger partial charge is 0.251 e. The number of fused-ring (bicyclic) bond motifs is 3. The third-order valence-electron chi connectivity index (χ3n) is 4.91. The van der Waals surface area contributed by atoms with Crippen molar-refractivity contribution in [1.29, 1.82) is 5.26 Å². The Bertz CT molecular complexity index is 803. The number of amides is 1. The van der Waals surface area contributed by atoms with Crippen molar-refractivity contribution >= 4 is 17.7 Å². The zero-order valence-electron chi connectivity index (χ0n) is 13.6. The first-order valence-corrected chi connectivity index (χ1v) is 9.21. The Hall–Kier alpha value is -2.30. The van der Waals surface area contributed by atoms with Gasteiger partial charge in [0.2, 0.25) is 5.76 Å². The number of hydrogen-bond acceptors (Lipinski definition) is 6. The lowest BCUT2D eigenvalue weighted by Gasteiger charge is -2.44. The van der Waals surface area contributed by atoms with Gasteiger partial charge in [-0.15, -0.1) is 0 Å². The fourth-order valence-electron chi connectivity index (χ4n) is 3.54. The van der Waals surface area contributed by atoms with Gasteiger partial charge in [0, 0.05) is 29.1 Å². The molecule has 1 amide bonds. The van der Waals surface area contributed by atoms with Crippen LogP contribution in [0.4, 0.5) is 0 Å². The van der Waals surface area contributed by atoms with Gasteiger partial charge in [-0.2, -0.15) is 5.26 Å². The summed E-state index contributed by atoms with van der Waals surface area (Å²) in [4.78, 5) is 15.9. The van der Waals surface area contributed by atoms with Crippen molar-refractivity contribution in [1.82, 2.24) is 15.4 Å². The highest BCUT2D eigenvalue weighted by Crippen LogP contribution is 2.29. The molecule has 1 aromatic heterocycles. The fraction of sp³-hybridized carbons (Fsp3) is 0.389. The monoisotopic (exact) mass is 354 g/mol. The van der Waals surface area contributed by atoms with Crippen LogP contribution < -0.4 is 5.32 Å². The molecular weight excluding hydrogens is 336 g/mol. The molecule has 25 heavy (non-hydrogen) atoms. The summed E-state index contributed by atoms with van der Waals surface area (Å²) in [5, 5.41) is 16.4. The molecular formula is C18H18N4O2S. The molecule has 0 aliphatic carbocycles. The highest BCUT2D eigenvalue weighted by atomic mass is 32.2. The van der Waals surface area contributed by atoms with Gasteiger partial charge in [0.15, 0.2) is 0 Å². The largest absolute Gasteiger partial charge is 0.348 e. The maximum Gasteiger partial charge on any atom is 0.251 e. The average Bonchev–Trinajstić information content (AvgIpc) is 3.11. The molecule has 1 unspecified atom stereocenters. The van der Waals surface area contributed by atoms with E-state index in [2.05, 4.69) is 15.4 Å². The minimum Gasteiger partial charge on any atom is -0.348 e. The van der Waals surface area contributed by atoms with Gasteiger partial charge >= 0.3 is 0 Å². The van der Waals surface area contributed by atoms with Gasteiger partial charge in [-0.05, 0) is 56.1 Å². The lowest BCUT2D eigenvalue weighted by atomic mass is 9.84. The normalized spacial score (nSPS) is 24.7. The van der Waals surface area contributed by atoms with Crippen molar-refractivity contribution in [3.63, 3.8) is 0 Å². The van der Waals surface area contributed by atoms with Gasteiger partial charge in [-0.1, -0.05) is 16.9 Å². The zero-order chi connectivity index (χ0) is 17.2. The second-order valence-corrected chi connectivity index (χ2v) is 7.58. The van der Waals surface area contributed by atoms with Gasteiger partial charge in [0.1, 0.15) is 11.1 Å². The van der Waals surface area contributed by atoms with Gasteiger partial charge in [-0.25, -0.2) is 0 Å². The van der Waals surface area contributed by atoms with E-state index in [0.29, 0.717) is 16.5 Å². The molecule has 3 aliphatic rings. The Kier molecular flexibility index (Phi) is 4.47. The first-order chi connectivity index (χ1) is 12.2. The number of aromatic nitrogens is 1. The Morgan fingerprint density at radius 1 is 1.32 bits per heavy atom. The summed E-state index contributed by atoms with van der Waals surface area (Å²) in [5.74, 6) is 0.796. The van der Waals surface area contributed by atoms with Crippen LogP contribution >= 0.6 is 11.8 Å². The van der Waals surface area contributed by atoms with E-state index in [4.69, 9.17) is 9.78 Å². The first kappa shape index (κ1) is 16.2. The molecule has 0 spiro atoms. The highest BCUT2D eigenvalue weighted by Gasteiger charge is 2.34. The minimum absolute atomic E-state index is 0.0106. The summed E-state index contributed by atoms with van der Waals surface area (Å²) in [7, 11) is 0. The summed E-state index contributed by atoms with van der Waals surface area (Å²) in [5.41, 5.74) is 0.665.